The lowest BCUT2D eigenvalue weighted by Crippen LogP contribution is -2.44. The van der Waals surface area contributed by atoms with Gasteiger partial charge in [0.15, 0.2) is 0 Å². The number of carbonyl (C=O) groups is 1. The van der Waals surface area contributed by atoms with E-state index in [-0.39, 0.29) is 5.91 Å². The topological polar surface area (TPSA) is 65.5 Å². The van der Waals surface area contributed by atoms with Crippen molar-refractivity contribution in [3.8, 4) is 0 Å². The van der Waals surface area contributed by atoms with Crippen molar-refractivity contribution in [2.24, 2.45) is 0 Å². The summed E-state index contributed by atoms with van der Waals surface area (Å²) in [6, 6.07) is 3.94. The van der Waals surface area contributed by atoms with Crippen molar-refractivity contribution in [3.63, 3.8) is 0 Å². The van der Waals surface area contributed by atoms with Crippen molar-refractivity contribution in [2.75, 3.05) is 18.0 Å². The largest absolute Gasteiger partial charge is 0.380 e. The van der Waals surface area contributed by atoms with Gasteiger partial charge in [0.1, 0.15) is 11.4 Å². The van der Waals surface area contributed by atoms with Crippen LogP contribution in [0.15, 0.2) is 18.3 Å². The summed E-state index contributed by atoms with van der Waals surface area (Å²) in [6.07, 6.45) is 4.76. The molecule has 2 rings (SSSR count). The highest BCUT2D eigenvalue weighted by molar-refractivity contribution is 5.85. The Morgan fingerprint density at radius 2 is 2.00 bits per heavy atom. The Kier molecular flexibility index (Phi) is 5.17. The minimum atomic E-state index is -1.16. The van der Waals surface area contributed by atoms with Gasteiger partial charge in [-0.3, -0.25) is 4.79 Å². The van der Waals surface area contributed by atoms with Crippen molar-refractivity contribution in [1.82, 2.24) is 10.3 Å². The maximum absolute atomic E-state index is 12.0. The Labute approximate surface area is 126 Å². The van der Waals surface area contributed by atoms with Crippen molar-refractivity contribution in [3.05, 3.63) is 23.9 Å². The number of nitrogens with one attached hydrogen (secondary N) is 1. The molecular weight excluding hydrogens is 266 g/mol. The summed E-state index contributed by atoms with van der Waals surface area (Å²) < 4.78 is 0. The highest BCUT2D eigenvalue weighted by Crippen LogP contribution is 2.29. The lowest BCUT2D eigenvalue weighted by atomic mass is 10.0. The number of aliphatic hydroxyl groups is 1. The Hall–Kier alpha value is -1.62. The molecule has 1 aromatic rings. The van der Waals surface area contributed by atoms with E-state index in [1.165, 1.54) is 0 Å². The third kappa shape index (κ3) is 3.73. The Balaban J connectivity index is 1.90. The van der Waals surface area contributed by atoms with Crippen LogP contribution in [0.3, 0.4) is 0 Å². The van der Waals surface area contributed by atoms with E-state index >= 15 is 0 Å². The summed E-state index contributed by atoms with van der Waals surface area (Å²) in [5.74, 6) is 0.692. The van der Waals surface area contributed by atoms with Gasteiger partial charge in [-0.05, 0) is 51.2 Å². The van der Waals surface area contributed by atoms with Gasteiger partial charge in [0.05, 0.1) is 0 Å². The van der Waals surface area contributed by atoms with Crippen molar-refractivity contribution >= 4 is 11.7 Å². The molecule has 0 radical (unpaired) electrons. The number of nitrogens with zero attached hydrogens (tertiary/aromatic N) is 2. The predicted octanol–water partition coefficient (Wildman–Crippen LogP) is 1.85. The van der Waals surface area contributed by atoms with Crippen LogP contribution >= 0.6 is 0 Å². The lowest BCUT2D eigenvalue weighted by Gasteiger charge is -2.21. The van der Waals surface area contributed by atoms with Crippen LogP contribution in [-0.4, -0.2) is 34.7 Å². The maximum atomic E-state index is 12.0. The van der Waals surface area contributed by atoms with E-state index < -0.39 is 5.60 Å². The van der Waals surface area contributed by atoms with Crippen LogP contribution in [0.25, 0.3) is 0 Å². The second-order valence-electron chi connectivity index (χ2n) is 5.62. The zero-order chi connectivity index (χ0) is 15.3. The van der Waals surface area contributed by atoms with Gasteiger partial charge >= 0.3 is 0 Å². The number of anilines is 1. The molecule has 2 N–H and O–H groups in total. The monoisotopic (exact) mass is 291 g/mol. The molecule has 1 saturated carbocycles. The Morgan fingerprint density at radius 3 is 2.52 bits per heavy atom. The van der Waals surface area contributed by atoms with Crippen molar-refractivity contribution < 1.29 is 9.90 Å². The molecule has 0 saturated heterocycles. The number of carbonyl (C=O) groups excluding carboxylic acids is 1. The standard InChI is InChI=1S/C16H25N3O2/c1-3-19(4-2)14-8-7-13(11-17-14)12-18-15(20)16(21)9-5-6-10-16/h7-8,11,21H,3-6,9-10,12H2,1-2H3,(H,18,20). The van der Waals surface area contributed by atoms with Gasteiger partial charge in [-0.25, -0.2) is 4.98 Å². The molecule has 5 nitrogen and oxygen atoms in total. The third-order valence-electron chi connectivity index (χ3n) is 4.20. The molecule has 1 fully saturated rings. The summed E-state index contributed by atoms with van der Waals surface area (Å²) in [5, 5.41) is 13.0. The molecular formula is C16H25N3O2. The van der Waals surface area contributed by atoms with Crippen LogP contribution < -0.4 is 10.2 Å². The van der Waals surface area contributed by atoms with E-state index in [1.54, 1.807) is 6.20 Å². The van der Waals surface area contributed by atoms with Crippen molar-refractivity contribution in [2.45, 2.75) is 51.7 Å². The fourth-order valence-electron chi connectivity index (χ4n) is 2.79. The van der Waals surface area contributed by atoms with E-state index in [0.29, 0.717) is 19.4 Å². The van der Waals surface area contributed by atoms with E-state index in [0.717, 1.165) is 37.3 Å². The quantitative estimate of drug-likeness (QED) is 0.839. The predicted molar refractivity (Wildman–Crippen MR) is 83.1 cm³/mol. The number of pyridine rings is 1. The smallest absolute Gasteiger partial charge is 0.252 e. The molecule has 5 heteroatoms. The van der Waals surface area contributed by atoms with E-state index in [2.05, 4.69) is 29.0 Å². The van der Waals surface area contributed by atoms with Gasteiger partial charge in [0, 0.05) is 25.8 Å². The van der Waals surface area contributed by atoms with Crippen LogP contribution in [0, 0.1) is 0 Å². The Bertz CT molecular complexity index is 463. The van der Waals surface area contributed by atoms with Crippen LogP contribution in [0.5, 0.6) is 0 Å². The first-order valence-corrected chi connectivity index (χ1v) is 7.79. The van der Waals surface area contributed by atoms with Gasteiger partial charge in [-0.2, -0.15) is 0 Å². The van der Waals surface area contributed by atoms with Gasteiger partial charge in [0.25, 0.3) is 5.91 Å². The molecule has 0 spiro atoms. The summed E-state index contributed by atoms with van der Waals surface area (Å²) in [6.45, 7) is 6.45. The molecule has 1 aromatic heterocycles. The molecule has 0 aromatic carbocycles. The number of hydrogen-bond acceptors (Lipinski definition) is 4. The second-order valence-corrected chi connectivity index (χ2v) is 5.62. The highest BCUT2D eigenvalue weighted by Gasteiger charge is 2.38. The molecule has 0 bridgehead atoms. The first kappa shape index (κ1) is 15.8. The number of amides is 1. The lowest BCUT2D eigenvalue weighted by molar-refractivity contribution is -0.139. The minimum Gasteiger partial charge on any atom is -0.380 e. The minimum absolute atomic E-state index is 0.257. The van der Waals surface area contributed by atoms with Crippen LogP contribution in [-0.2, 0) is 11.3 Å². The highest BCUT2D eigenvalue weighted by atomic mass is 16.3. The van der Waals surface area contributed by atoms with Gasteiger partial charge in [-0.1, -0.05) is 6.07 Å². The average Bonchev–Trinajstić information content (AvgIpc) is 2.95. The summed E-state index contributed by atoms with van der Waals surface area (Å²) in [5.41, 5.74) is -0.213. The second kappa shape index (κ2) is 6.89. The number of rotatable bonds is 6. The van der Waals surface area contributed by atoms with Crippen LogP contribution in [0.1, 0.15) is 45.1 Å². The first-order chi connectivity index (χ1) is 10.1. The third-order valence-corrected chi connectivity index (χ3v) is 4.20. The van der Waals surface area contributed by atoms with Crippen LogP contribution in [0.2, 0.25) is 0 Å². The van der Waals surface area contributed by atoms with Gasteiger partial charge < -0.3 is 15.3 Å². The Morgan fingerprint density at radius 1 is 1.33 bits per heavy atom. The number of aromatic nitrogens is 1. The fourth-order valence-corrected chi connectivity index (χ4v) is 2.79. The summed E-state index contributed by atoms with van der Waals surface area (Å²) in [4.78, 5) is 18.6. The molecule has 0 atom stereocenters. The molecule has 1 aliphatic carbocycles. The van der Waals surface area contributed by atoms with E-state index in [9.17, 15) is 9.90 Å². The fraction of sp³-hybridized carbons (Fsp3) is 0.625. The zero-order valence-electron chi connectivity index (χ0n) is 12.9. The average molecular weight is 291 g/mol. The van der Waals surface area contributed by atoms with Crippen molar-refractivity contribution in [1.29, 1.82) is 0 Å². The number of hydrogen-bond donors (Lipinski definition) is 2. The zero-order valence-corrected chi connectivity index (χ0v) is 12.9. The maximum Gasteiger partial charge on any atom is 0.252 e. The van der Waals surface area contributed by atoms with E-state index in [1.807, 2.05) is 12.1 Å². The molecule has 1 heterocycles. The summed E-state index contributed by atoms with van der Waals surface area (Å²) >= 11 is 0. The molecule has 116 valence electrons. The SMILES string of the molecule is CCN(CC)c1ccc(CNC(=O)C2(O)CCCC2)cn1. The molecule has 0 aliphatic heterocycles. The molecule has 1 amide bonds. The molecule has 0 unspecified atom stereocenters. The van der Waals surface area contributed by atoms with Crippen LogP contribution in [0.4, 0.5) is 5.82 Å². The molecule has 1 aliphatic rings. The van der Waals surface area contributed by atoms with Gasteiger partial charge in [0.2, 0.25) is 0 Å². The van der Waals surface area contributed by atoms with Gasteiger partial charge in [-0.15, -0.1) is 0 Å². The van der Waals surface area contributed by atoms with E-state index in [4.69, 9.17) is 0 Å². The first-order valence-electron chi connectivity index (χ1n) is 7.79. The summed E-state index contributed by atoms with van der Waals surface area (Å²) in [7, 11) is 0. The molecule has 21 heavy (non-hydrogen) atoms. The normalized spacial score (nSPS) is 16.7.